The minimum Gasteiger partial charge on any atom is -0.339 e. The molecule has 1 aromatic carbocycles. The van der Waals surface area contributed by atoms with Crippen molar-refractivity contribution >= 4 is 17.2 Å². The molecular weight excluding hydrogens is 448 g/mol. The maximum Gasteiger partial charge on any atom is 0.253 e. The van der Waals surface area contributed by atoms with E-state index in [9.17, 15) is 4.79 Å². The van der Waals surface area contributed by atoms with Crippen LogP contribution >= 0.6 is 11.3 Å². The molecule has 0 atom stereocenters. The average molecular weight is 477 g/mol. The first-order valence-corrected chi connectivity index (χ1v) is 12.5. The Hall–Kier alpha value is -3.30. The lowest BCUT2D eigenvalue weighted by Crippen LogP contribution is -2.48. The van der Waals surface area contributed by atoms with Crippen LogP contribution in [0.3, 0.4) is 0 Å². The second-order valence-corrected chi connectivity index (χ2v) is 9.56. The number of nitrogens with zero attached hydrogens (tertiary/aromatic N) is 6. The Kier molecular flexibility index (Phi) is 6.55. The van der Waals surface area contributed by atoms with Gasteiger partial charge in [0.1, 0.15) is 0 Å². The summed E-state index contributed by atoms with van der Waals surface area (Å²) in [5.74, 6) is 1.44. The Morgan fingerprint density at radius 3 is 2.56 bits per heavy atom. The van der Waals surface area contributed by atoms with Gasteiger partial charge in [0.15, 0.2) is 0 Å². The molecule has 1 amide bonds. The normalized spacial score (nSPS) is 14.6. The van der Waals surface area contributed by atoms with Crippen LogP contribution < -0.4 is 0 Å². The van der Waals surface area contributed by atoms with E-state index in [1.807, 2.05) is 71.3 Å². The molecule has 0 spiro atoms. The summed E-state index contributed by atoms with van der Waals surface area (Å²) in [5.41, 5.74) is 3.75. The van der Waals surface area contributed by atoms with E-state index in [0.717, 1.165) is 73.1 Å². The molecule has 1 saturated heterocycles. The van der Waals surface area contributed by atoms with Gasteiger partial charge in [0.2, 0.25) is 11.7 Å². The van der Waals surface area contributed by atoms with Crippen LogP contribution in [0.4, 0.5) is 0 Å². The standard InChI is InChI=1S/C25H28N6O2S/c1-18-17-19(2)31(27-18)21-9-7-20(8-10-21)25(32)30-14-12-29(13-15-30)11-3-6-23-26-24(28-33-23)22-5-4-16-34-22/h4-5,7-10,16-17H,3,6,11-15H2,1-2H3. The molecule has 5 rings (SSSR count). The number of benzene rings is 1. The van der Waals surface area contributed by atoms with E-state index < -0.39 is 0 Å². The smallest absolute Gasteiger partial charge is 0.253 e. The van der Waals surface area contributed by atoms with Crippen LogP contribution in [0, 0.1) is 13.8 Å². The highest BCUT2D eigenvalue weighted by Crippen LogP contribution is 2.21. The molecule has 0 unspecified atom stereocenters. The Morgan fingerprint density at radius 1 is 1.09 bits per heavy atom. The van der Waals surface area contributed by atoms with Gasteiger partial charge in [-0.25, -0.2) is 4.68 Å². The van der Waals surface area contributed by atoms with E-state index in [1.54, 1.807) is 11.3 Å². The first-order valence-electron chi connectivity index (χ1n) is 11.6. The zero-order valence-corrected chi connectivity index (χ0v) is 20.3. The van der Waals surface area contributed by atoms with Gasteiger partial charge in [-0.2, -0.15) is 10.1 Å². The van der Waals surface area contributed by atoms with Crippen molar-refractivity contribution in [1.82, 2.24) is 29.7 Å². The average Bonchev–Trinajstić information content (AvgIpc) is 3.61. The van der Waals surface area contributed by atoms with E-state index in [2.05, 4.69) is 20.1 Å². The molecule has 3 aromatic heterocycles. The predicted octanol–water partition coefficient (Wildman–Crippen LogP) is 3.99. The van der Waals surface area contributed by atoms with Crippen LogP contribution in [0.2, 0.25) is 0 Å². The summed E-state index contributed by atoms with van der Waals surface area (Å²) in [6.45, 7) is 8.19. The van der Waals surface area contributed by atoms with Gasteiger partial charge in [-0.1, -0.05) is 11.2 Å². The minimum atomic E-state index is 0.0894. The molecule has 4 aromatic rings. The van der Waals surface area contributed by atoms with Crippen LogP contribution in [-0.2, 0) is 6.42 Å². The SMILES string of the molecule is Cc1cc(C)n(-c2ccc(C(=O)N3CCN(CCCc4nc(-c5cccs5)no4)CC3)cc2)n1. The largest absolute Gasteiger partial charge is 0.339 e. The quantitative estimate of drug-likeness (QED) is 0.401. The van der Waals surface area contributed by atoms with Crippen LogP contribution in [0.15, 0.2) is 52.4 Å². The lowest BCUT2D eigenvalue weighted by molar-refractivity contribution is 0.0635. The second-order valence-electron chi connectivity index (χ2n) is 8.61. The molecule has 34 heavy (non-hydrogen) atoms. The minimum absolute atomic E-state index is 0.0894. The van der Waals surface area contributed by atoms with Gasteiger partial charge in [0.05, 0.1) is 16.3 Å². The highest BCUT2D eigenvalue weighted by molar-refractivity contribution is 7.13. The lowest BCUT2D eigenvalue weighted by Gasteiger charge is -2.34. The number of hydrogen-bond donors (Lipinski definition) is 0. The van der Waals surface area contributed by atoms with Crippen molar-refractivity contribution in [2.75, 3.05) is 32.7 Å². The Labute approximate surface area is 202 Å². The molecule has 0 N–H and O–H groups in total. The molecule has 1 aliphatic rings. The Bertz CT molecular complexity index is 1240. The first kappa shape index (κ1) is 22.5. The summed E-state index contributed by atoms with van der Waals surface area (Å²) in [6, 6.07) is 13.7. The number of rotatable bonds is 7. The van der Waals surface area contributed by atoms with Crippen molar-refractivity contribution in [1.29, 1.82) is 0 Å². The van der Waals surface area contributed by atoms with Crippen molar-refractivity contribution in [2.45, 2.75) is 26.7 Å². The topological polar surface area (TPSA) is 80.3 Å². The third-order valence-electron chi connectivity index (χ3n) is 6.10. The monoisotopic (exact) mass is 476 g/mol. The van der Waals surface area contributed by atoms with Gasteiger partial charge in [-0.05, 0) is 68.6 Å². The summed E-state index contributed by atoms with van der Waals surface area (Å²) in [5, 5.41) is 10.6. The number of hydrogen-bond acceptors (Lipinski definition) is 7. The van der Waals surface area contributed by atoms with Crippen molar-refractivity contribution in [3.05, 3.63) is 70.7 Å². The summed E-state index contributed by atoms with van der Waals surface area (Å²) in [4.78, 5) is 22.8. The molecule has 9 heteroatoms. The molecule has 1 aliphatic heterocycles. The Morgan fingerprint density at radius 2 is 1.88 bits per heavy atom. The highest BCUT2D eigenvalue weighted by atomic mass is 32.1. The molecule has 0 bridgehead atoms. The van der Waals surface area contributed by atoms with Crippen LogP contribution in [0.1, 0.15) is 34.1 Å². The maximum absolute atomic E-state index is 13.0. The van der Waals surface area contributed by atoms with E-state index in [-0.39, 0.29) is 5.91 Å². The number of carbonyl (C=O) groups excluding carboxylic acids is 1. The zero-order chi connectivity index (χ0) is 23.5. The zero-order valence-electron chi connectivity index (χ0n) is 19.5. The summed E-state index contributed by atoms with van der Waals surface area (Å²) < 4.78 is 7.29. The van der Waals surface area contributed by atoms with Crippen molar-refractivity contribution in [2.24, 2.45) is 0 Å². The van der Waals surface area contributed by atoms with E-state index in [1.165, 1.54) is 0 Å². The van der Waals surface area contributed by atoms with Gasteiger partial charge < -0.3 is 9.42 Å². The fourth-order valence-electron chi connectivity index (χ4n) is 4.31. The van der Waals surface area contributed by atoms with Crippen molar-refractivity contribution in [3.8, 4) is 16.4 Å². The first-order chi connectivity index (χ1) is 16.6. The summed E-state index contributed by atoms with van der Waals surface area (Å²) in [7, 11) is 0. The number of amides is 1. The van der Waals surface area contributed by atoms with Gasteiger partial charge >= 0.3 is 0 Å². The fraction of sp³-hybridized carbons (Fsp3) is 0.360. The van der Waals surface area contributed by atoms with E-state index in [4.69, 9.17) is 4.52 Å². The third kappa shape index (κ3) is 4.95. The third-order valence-corrected chi connectivity index (χ3v) is 6.97. The van der Waals surface area contributed by atoms with Gasteiger partial charge in [0.25, 0.3) is 5.91 Å². The number of aryl methyl sites for hydroxylation is 3. The molecule has 4 heterocycles. The molecule has 0 saturated carbocycles. The number of thiophene rings is 1. The molecule has 1 fully saturated rings. The molecule has 8 nitrogen and oxygen atoms in total. The number of piperazine rings is 1. The predicted molar refractivity (Wildman–Crippen MR) is 131 cm³/mol. The summed E-state index contributed by atoms with van der Waals surface area (Å²) in [6.07, 6.45) is 1.72. The van der Waals surface area contributed by atoms with Crippen molar-refractivity contribution in [3.63, 3.8) is 0 Å². The van der Waals surface area contributed by atoms with Crippen molar-refractivity contribution < 1.29 is 9.32 Å². The number of aromatic nitrogens is 4. The summed E-state index contributed by atoms with van der Waals surface area (Å²) >= 11 is 1.61. The van der Waals surface area contributed by atoms with E-state index in [0.29, 0.717) is 11.7 Å². The highest BCUT2D eigenvalue weighted by Gasteiger charge is 2.22. The molecule has 0 radical (unpaired) electrons. The molecule has 176 valence electrons. The fourth-order valence-corrected chi connectivity index (χ4v) is 4.96. The van der Waals surface area contributed by atoms with E-state index >= 15 is 0 Å². The van der Waals surface area contributed by atoms with Crippen LogP contribution in [0.5, 0.6) is 0 Å². The lowest BCUT2D eigenvalue weighted by atomic mass is 10.1. The maximum atomic E-state index is 13.0. The second kappa shape index (κ2) is 9.90. The van der Waals surface area contributed by atoms with Gasteiger partial charge in [-0.15, -0.1) is 11.3 Å². The molecule has 0 aliphatic carbocycles. The number of carbonyl (C=O) groups is 1. The molecular formula is C25H28N6O2S. The van der Waals surface area contributed by atoms with Crippen LogP contribution in [0.25, 0.3) is 16.4 Å². The Balaban J connectivity index is 1.08. The van der Waals surface area contributed by atoms with Gasteiger partial charge in [0, 0.05) is 43.9 Å². The van der Waals surface area contributed by atoms with Crippen LogP contribution in [-0.4, -0.2) is 68.4 Å². The van der Waals surface area contributed by atoms with Gasteiger partial charge in [-0.3, -0.25) is 9.69 Å².